The molecule has 3 saturated heterocycles. The summed E-state index contributed by atoms with van der Waals surface area (Å²) in [6, 6.07) is 11.5. The topological polar surface area (TPSA) is 94.9 Å². The first kappa shape index (κ1) is 36.4. The lowest BCUT2D eigenvalue weighted by molar-refractivity contribution is 0.107. The summed E-state index contributed by atoms with van der Waals surface area (Å²) in [4.78, 5) is 32.6. The minimum atomic E-state index is -2.04. The number of carbonyl (C=O) groups is 1. The van der Waals surface area contributed by atoms with Gasteiger partial charge < -0.3 is 14.7 Å². The zero-order valence-corrected chi connectivity index (χ0v) is 33.3. The summed E-state index contributed by atoms with van der Waals surface area (Å²) in [5.74, 6) is 3.60. The van der Waals surface area contributed by atoms with Crippen molar-refractivity contribution in [3.05, 3.63) is 66.1 Å². The van der Waals surface area contributed by atoms with Gasteiger partial charge in [-0.05, 0) is 66.8 Å². The number of nitrogens with zero attached hydrogens (tertiary/aromatic N) is 6. The molecule has 3 fully saturated rings. The number of hydrogen-bond acceptors (Lipinski definition) is 7. The molecule has 0 saturated carbocycles. The zero-order valence-electron chi connectivity index (χ0n) is 32.3. The van der Waals surface area contributed by atoms with E-state index in [0.717, 1.165) is 55.1 Å². The van der Waals surface area contributed by atoms with Crippen molar-refractivity contribution in [1.82, 2.24) is 24.8 Å². The molecule has 1 N–H and O–H groups in total. The van der Waals surface area contributed by atoms with Crippen LogP contribution in [0.15, 0.2) is 54.7 Å². The Labute approximate surface area is 318 Å². The molecule has 6 heterocycles. The third-order valence-corrected chi connectivity index (χ3v) is 19.3. The van der Waals surface area contributed by atoms with Crippen molar-refractivity contribution in [2.24, 2.45) is 0 Å². The normalized spacial score (nSPS) is 20.8. The molecule has 4 aromatic rings. The lowest BCUT2D eigenvalue weighted by Crippen LogP contribution is -2.56. The van der Waals surface area contributed by atoms with Crippen molar-refractivity contribution >= 4 is 41.7 Å². The maximum absolute atomic E-state index is 17.4. The summed E-state index contributed by atoms with van der Waals surface area (Å²) in [7, 11) is -2.04. The van der Waals surface area contributed by atoms with Gasteiger partial charge in [0.2, 0.25) is 0 Å². The highest BCUT2D eigenvalue weighted by atomic mass is 28.3. The number of carboxylic acid groups (broad SMARTS) is 1. The first-order valence-corrected chi connectivity index (χ1v) is 21.9. The van der Waals surface area contributed by atoms with E-state index in [0.29, 0.717) is 53.1 Å². The minimum Gasteiger partial charge on any atom is -0.465 e. The summed E-state index contributed by atoms with van der Waals surface area (Å²) < 4.78 is 23.8. The number of hydrogen-bond donors (Lipinski definition) is 1. The van der Waals surface area contributed by atoms with Crippen molar-refractivity contribution in [2.45, 2.75) is 101 Å². The number of rotatable bonds is 8. The van der Waals surface area contributed by atoms with Crippen molar-refractivity contribution in [3.8, 4) is 28.7 Å². The van der Waals surface area contributed by atoms with Crippen LogP contribution in [0.4, 0.5) is 15.0 Å². The summed E-state index contributed by atoms with van der Waals surface area (Å²) in [5.41, 5.74) is 7.13. The third-order valence-electron chi connectivity index (χ3n) is 13.0. The Morgan fingerprint density at radius 2 is 1.63 bits per heavy atom. The number of fused-ring (bicyclic) bond motifs is 5. The summed E-state index contributed by atoms with van der Waals surface area (Å²) in [6.45, 7) is 17.2. The van der Waals surface area contributed by atoms with Crippen LogP contribution in [0.5, 0.6) is 6.01 Å². The molecular formula is C43H51FN6O3Si. The number of benzene rings is 2. The number of pyridine rings is 1. The molecule has 54 heavy (non-hydrogen) atoms. The molecule has 2 atom stereocenters. The van der Waals surface area contributed by atoms with Gasteiger partial charge >= 0.3 is 12.1 Å². The highest BCUT2D eigenvalue weighted by molar-refractivity contribution is 6.90. The molecule has 282 valence electrons. The van der Waals surface area contributed by atoms with Gasteiger partial charge in [-0.3, -0.25) is 14.8 Å². The van der Waals surface area contributed by atoms with Gasteiger partial charge in [0.1, 0.15) is 31.7 Å². The first-order valence-electron chi connectivity index (χ1n) is 19.7. The Morgan fingerprint density at radius 3 is 2.26 bits per heavy atom. The minimum absolute atomic E-state index is 0.0435. The van der Waals surface area contributed by atoms with Crippen LogP contribution in [0.25, 0.3) is 32.9 Å². The average molecular weight is 747 g/mol. The molecule has 0 spiro atoms. The summed E-state index contributed by atoms with van der Waals surface area (Å²) >= 11 is 0. The summed E-state index contributed by atoms with van der Waals surface area (Å²) in [5, 5.41) is 12.2. The fraction of sp³-hybridized carbons (Fsp3) is 0.488. The molecule has 2 aromatic carbocycles. The van der Waals surface area contributed by atoms with E-state index < -0.39 is 20.0 Å². The monoisotopic (exact) mass is 746 g/mol. The van der Waals surface area contributed by atoms with Gasteiger partial charge in [0.15, 0.2) is 5.82 Å². The van der Waals surface area contributed by atoms with Gasteiger partial charge in [-0.2, -0.15) is 9.97 Å². The van der Waals surface area contributed by atoms with Gasteiger partial charge in [0, 0.05) is 35.8 Å². The standard InChI is InChI=1S/C43H51FN6O3Si/c1-27(2)54(28(3)4,29(5)6)22-17-31-12-7-11-30-13-8-14-34(36(30)31)38-37(44)39-35(23-45-38)40(48-24-32-15-16-33(25-48)50(32)42(51)52)47-41(46-39)53-26-43-18-9-20-49(43)21-10-19-43/h7-8,11-16,23,27-29,32-33H,9-10,18-21,24-26H2,1-6H3,(H,51,52)/t32-,33+. The Hall–Kier alpha value is -4.53. The van der Waals surface area contributed by atoms with Crippen molar-refractivity contribution in [1.29, 1.82) is 0 Å². The lowest BCUT2D eigenvalue weighted by Gasteiger charge is -2.40. The van der Waals surface area contributed by atoms with E-state index in [-0.39, 0.29) is 34.8 Å². The second-order valence-corrected chi connectivity index (χ2v) is 22.3. The van der Waals surface area contributed by atoms with E-state index >= 15 is 4.39 Å². The molecule has 8 rings (SSSR count). The highest BCUT2D eigenvalue weighted by Crippen LogP contribution is 2.43. The number of amides is 1. The van der Waals surface area contributed by atoms with Gasteiger partial charge in [0.05, 0.1) is 23.0 Å². The molecule has 2 bridgehead atoms. The molecule has 1 amide bonds. The SMILES string of the molecule is CC(C)[Si](C#Cc1cccc2cccc(-c3ncc4c(N5C[C@H]6C=C[C@@H](C5)N6C(=O)O)nc(OCC56CCCN5CCC6)nc4c3F)c12)(C(C)C)C(C)C. The van der Waals surface area contributed by atoms with Crippen LogP contribution in [-0.4, -0.2) is 94.4 Å². The van der Waals surface area contributed by atoms with Gasteiger partial charge in [-0.1, -0.05) is 89.9 Å². The second-order valence-electron chi connectivity index (χ2n) is 16.7. The third kappa shape index (κ3) is 5.93. The number of anilines is 1. The van der Waals surface area contributed by atoms with Crippen LogP contribution >= 0.6 is 0 Å². The van der Waals surface area contributed by atoms with Crippen molar-refractivity contribution < 1.29 is 19.0 Å². The van der Waals surface area contributed by atoms with Gasteiger partial charge in [-0.15, -0.1) is 5.54 Å². The molecule has 9 nitrogen and oxygen atoms in total. The Balaban J connectivity index is 1.25. The quantitative estimate of drug-likeness (QED) is 0.109. The van der Waals surface area contributed by atoms with Crippen molar-refractivity contribution in [3.63, 3.8) is 0 Å². The van der Waals surface area contributed by atoms with E-state index in [1.54, 1.807) is 6.20 Å². The van der Waals surface area contributed by atoms with Crippen LogP contribution in [0.1, 0.15) is 72.8 Å². The van der Waals surface area contributed by atoms with E-state index in [1.807, 2.05) is 53.5 Å². The number of aromatic nitrogens is 3. The van der Waals surface area contributed by atoms with E-state index in [1.165, 1.54) is 4.90 Å². The van der Waals surface area contributed by atoms with Crippen LogP contribution in [0.3, 0.4) is 0 Å². The number of piperazine rings is 1. The summed E-state index contributed by atoms with van der Waals surface area (Å²) in [6.07, 6.45) is 8.96. The smallest absolute Gasteiger partial charge is 0.408 e. The maximum Gasteiger partial charge on any atom is 0.408 e. The molecule has 0 radical (unpaired) electrons. The van der Waals surface area contributed by atoms with Crippen LogP contribution in [-0.2, 0) is 0 Å². The van der Waals surface area contributed by atoms with Crippen LogP contribution in [0, 0.1) is 17.3 Å². The van der Waals surface area contributed by atoms with E-state index in [2.05, 4.69) is 57.9 Å². The first-order chi connectivity index (χ1) is 25.9. The van der Waals surface area contributed by atoms with E-state index in [4.69, 9.17) is 19.7 Å². The molecule has 0 aliphatic carbocycles. The highest BCUT2D eigenvalue weighted by Gasteiger charge is 2.46. The van der Waals surface area contributed by atoms with Crippen LogP contribution < -0.4 is 9.64 Å². The molecule has 0 unspecified atom stereocenters. The predicted molar refractivity (Wildman–Crippen MR) is 215 cm³/mol. The van der Waals surface area contributed by atoms with Gasteiger partial charge in [-0.25, -0.2) is 9.18 Å². The van der Waals surface area contributed by atoms with Crippen molar-refractivity contribution in [2.75, 3.05) is 37.7 Å². The van der Waals surface area contributed by atoms with Crippen LogP contribution in [0.2, 0.25) is 16.6 Å². The fourth-order valence-corrected chi connectivity index (χ4v) is 15.6. The molecular weight excluding hydrogens is 696 g/mol. The number of halogens is 1. The average Bonchev–Trinajstić information content (AvgIpc) is 3.81. The Kier molecular flexibility index (Phi) is 9.42. The second kappa shape index (κ2) is 14.0. The molecule has 4 aliphatic heterocycles. The maximum atomic E-state index is 17.4. The van der Waals surface area contributed by atoms with E-state index in [9.17, 15) is 9.90 Å². The molecule has 11 heteroatoms. The predicted octanol–water partition coefficient (Wildman–Crippen LogP) is 8.67. The number of ether oxygens (including phenoxy) is 1. The largest absolute Gasteiger partial charge is 0.465 e. The fourth-order valence-electron chi connectivity index (χ4n) is 10.4. The molecule has 4 aliphatic rings. The van der Waals surface area contributed by atoms with Gasteiger partial charge in [0.25, 0.3) is 0 Å². The Bertz CT molecular complexity index is 2160. The molecule has 2 aromatic heterocycles. The lowest BCUT2D eigenvalue weighted by atomic mass is 9.95. The zero-order chi connectivity index (χ0) is 37.9. The Morgan fingerprint density at radius 1 is 0.981 bits per heavy atom.